The van der Waals surface area contributed by atoms with Crippen LogP contribution in [0.25, 0.3) is 0 Å². The van der Waals surface area contributed by atoms with E-state index >= 15 is 0 Å². The van der Waals surface area contributed by atoms with Crippen molar-refractivity contribution in [3.05, 3.63) is 29.8 Å². The number of amides is 4. The summed E-state index contributed by atoms with van der Waals surface area (Å²) >= 11 is 0. The van der Waals surface area contributed by atoms with E-state index in [2.05, 4.69) is 31.3 Å². The summed E-state index contributed by atoms with van der Waals surface area (Å²) in [6.07, 6.45) is 7.33. The number of ether oxygens (including phenoxy) is 4. The van der Waals surface area contributed by atoms with Gasteiger partial charge in [0.05, 0.1) is 6.61 Å². The van der Waals surface area contributed by atoms with Gasteiger partial charge in [-0.15, -0.1) is 0 Å². The minimum Gasteiger partial charge on any atom is -0.493 e. The summed E-state index contributed by atoms with van der Waals surface area (Å²) in [5, 5.41) is 10.7. The monoisotopic (exact) mass is 762 g/mol. The lowest BCUT2D eigenvalue weighted by atomic mass is 10.1. The number of nitrogens with one attached hydrogen (secondary N) is 4. The van der Waals surface area contributed by atoms with Crippen molar-refractivity contribution < 1.29 is 38.1 Å². The van der Waals surface area contributed by atoms with Gasteiger partial charge in [0.1, 0.15) is 22.6 Å². The normalized spacial score (nSPS) is 11.9. The Bertz CT molecular complexity index is 1320. The van der Waals surface area contributed by atoms with Gasteiger partial charge in [0.25, 0.3) is 0 Å². The quantitative estimate of drug-likeness (QED) is 0.0378. The number of carbonyl (C=O) groups is 4. The molecule has 4 amide bonds. The molecule has 4 N–H and O–H groups in total. The zero-order valence-corrected chi connectivity index (χ0v) is 34.4. The molecule has 0 heterocycles. The highest BCUT2D eigenvalue weighted by atomic mass is 16.6. The first-order valence-corrected chi connectivity index (χ1v) is 19.0. The van der Waals surface area contributed by atoms with Crippen LogP contribution in [0.15, 0.2) is 34.3 Å². The van der Waals surface area contributed by atoms with Gasteiger partial charge in [0.15, 0.2) is 0 Å². The van der Waals surface area contributed by atoms with E-state index in [1.165, 1.54) is 0 Å². The third-order valence-electron chi connectivity index (χ3n) is 7.12. The Kier molecular flexibility index (Phi) is 21.7. The van der Waals surface area contributed by atoms with Crippen LogP contribution < -0.4 is 26.0 Å². The lowest BCUT2D eigenvalue weighted by Gasteiger charge is -2.22. The number of para-hydroxylation sites is 1. The molecule has 1 aromatic rings. The lowest BCUT2D eigenvalue weighted by Crippen LogP contribution is -2.47. The Labute approximate surface area is 322 Å². The van der Waals surface area contributed by atoms with Crippen LogP contribution in [0, 0.1) is 0 Å². The minimum absolute atomic E-state index is 0.0117. The van der Waals surface area contributed by atoms with E-state index in [1.807, 2.05) is 29.2 Å². The highest BCUT2D eigenvalue weighted by molar-refractivity contribution is 6.01. The van der Waals surface area contributed by atoms with Crippen LogP contribution in [-0.4, -0.2) is 91.6 Å². The van der Waals surface area contributed by atoms with E-state index < -0.39 is 35.1 Å². The van der Waals surface area contributed by atoms with Crippen LogP contribution in [-0.2, 0) is 25.5 Å². The molecule has 0 saturated heterocycles. The SMILES string of the molecule is CN=C(NCc1ccccc1OCCCCCN(C=O)CCCCCCCCN=C(NC(=O)OC(C)(C)C)NC(=O)OC(C)(C)C)NC(=O)OC(C)(C)C. The van der Waals surface area contributed by atoms with Gasteiger partial charge in [-0.05, 0) is 100 Å². The second-order valence-electron chi connectivity index (χ2n) is 15.8. The molecular formula is C39H67N7O8. The molecule has 0 spiro atoms. The van der Waals surface area contributed by atoms with E-state index in [-0.39, 0.29) is 5.96 Å². The molecule has 1 rings (SSSR count). The molecule has 0 aliphatic carbocycles. The summed E-state index contributed by atoms with van der Waals surface area (Å²) in [5.41, 5.74) is -1.08. The van der Waals surface area contributed by atoms with E-state index in [0.29, 0.717) is 32.2 Å². The first kappa shape index (κ1) is 47.5. The van der Waals surface area contributed by atoms with Gasteiger partial charge in [-0.1, -0.05) is 43.9 Å². The number of unbranched alkanes of at least 4 members (excludes halogenated alkanes) is 7. The van der Waals surface area contributed by atoms with Crippen molar-refractivity contribution >= 4 is 36.6 Å². The molecule has 54 heavy (non-hydrogen) atoms. The van der Waals surface area contributed by atoms with E-state index in [1.54, 1.807) is 69.4 Å². The number of carbonyl (C=O) groups excluding carboxylic acids is 4. The van der Waals surface area contributed by atoms with Crippen LogP contribution in [0.4, 0.5) is 14.4 Å². The van der Waals surface area contributed by atoms with Crippen LogP contribution in [0.1, 0.15) is 126 Å². The predicted octanol–water partition coefficient (Wildman–Crippen LogP) is 7.04. The van der Waals surface area contributed by atoms with Gasteiger partial charge >= 0.3 is 18.3 Å². The number of nitrogens with zero attached hydrogens (tertiary/aromatic N) is 3. The van der Waals surface area contributed by atoms with Gasteiger partial charge in [-0.25, -0.2) is 14.4 Å². The summed E-state index contributed by atoms with van der Waals surface area (Å²) in [7, 11) is 1.58. The molecule has 306 valence electrons. The van der Waals surface area contributed by atoms with Crippen molar-refractivity contribution in [3.8, 4) is 5.75 Å². The number of hydrogen-bond donors (Lipinski definition) is 4. The first-order valence-electron chi connectivity index (χ1n) is 19.0. The summed E-state index contributed by atoms with van der Waals surface area (Å²) in [5.74, 6) is 1.05. The van der Waals surface area contributed by atoms with Crippen LogP contribution in [0.2, 0.25) is 0 Å². The number of guanidine groups is 2. The zero-order valence-electron chi connectivity index (χ0n) is 34.4. The summed E-state index contributed by atoms with van der Waals surface area (Å²) in [6.45, 7) is 18.7. The molecule has 0 aliphatic heterocycles. The Hall–Kier alpha value is -4.56. The second kappa shape index (κ2) is 24.7. The van der Waals surface area contributed by atoms with Gasteiger partial charge in [0, 0.05) is 38.8 Å². The van der Waals surface area contributed by atoms with Crippen LogP contribution >= 0.6 is 0 Å². The molecular weight excluding hydrogens is 694 g/mol. The van der Waals surface area contributed by atoms with Gasteiger partial charge in [-0.2, -0.15) is 0 Å². The summed E-state index contributed by atoms with van der Waals surface area (Å²) < 4.78 is 21.9. The zero-order chi connectivity index (χ0) is 40.6. The average molecular weight is 762 g/mol. The molecule has 0 fully saturated rings. The standard InChI is InChI=1S/C39H67N7O8/c1-37(2,3)52-34(48)43-32(40-10)42-28-30-22-16-17-23-31(30)51-27-21-15-20-26-46(29-47)25-19-14-12-11-13-18-24-41-33(44-35(49)53-38(4,5)6)45-36(50)54-39(7,8)9/h16-17,22-23,29H,11-15,18-21,24-28H2,1-10H3,(H2,40,42,43,48)(H2,41,44,45,49,50). The molecule has 0 unspecified atom stereocenters. The summed E-state index contributed by atoms with van der Waals surface area (Å²) in [4.78, 5) is 58.5. The smallest absolute Gasteiger partial charge is 0.414 e. The van der Waals surface area contributed by atoms with Crippen molar-refractivity contribution in [2.75, 3.05) is 33.3 Å². The van der Waals surface area contributed by atoms with Crippen LogP contribution in [0.5, 0.6) is 5.75 Å². The molecule has 15 heteroatoms. The van der Waals surface area contributed by atoms with Crippen molar-refractivity contribution in [1.29, 1.82) is 0 Å². The van der Waals surface area contributed by atoms with Crippen molar-refractivity contribution in [1.82, 2.24) is 26.2 Å². The minimum atomic E-state index is -0.715. The number of aliphatic imine (C=N–C) groups is 2. The van der Waals surface area contributed by atoms with Crippen molar-refractivity contribution in [2.45, 2.75) is 143 Å². The fraction of sp³-hybridized carbons (Fsp3) is 0.692. The van der Waals surface area contributed by atoms with E-state index in [0.717, 1.165) is 82.1 Å². The molecule has 1 aromatic carbocycles. The highest BCUT2D eigenvalue weighted by Crippen LogP contribution is 2.18. The Balaban J connectivity index is 2.31. The van der Waals surface area contributed by atoms with Crippen molar-refractivity contribution in [2.24, 2.45) is 9.98 Å². The molecule has 0 aromatic heterocycles. The Morgan fingerprint density at radius 1 is 0.667 bits per heavy atom. The van der Waals surface area contributed by atoms with Crippen molar-refractivity contribution in [3.63, 3.8) is 0 Å². The van der Waals surface area contributed by atoms with Crippen LogP contribution in [0.3, 0.4) is 0 Å². The predicted molar refractivity (Wildman–Crippen MR) is 212 cm³/mol. The number of hydrogen-bond acceptors (Lipinski definition) is 10. The average Bonchev–Trinajstić information content (AvgIpc) is 3.04. The van der Waals surface area contributed by atoms with Gasteiger partial charge in [0.2, 0.25) is 18.3 Å². The number of alkyl carbamates (subject to hydrolysis) is 3. The topological polar surface area (TPSA) is 181 Å². The highest BCUT2D eigenvalue weighted by Gasteiger charge is 2.21. The molecule has 0 saturated carbocycles. The third kappa shape index (κ3) is 25.4. The molecule has 15 nitrogen and oxygen atoms in total. The molecule has 0 aliphatic rings. The first-order chi connectivity index (χ1) is 25.3. The maximum absolute atomic E-state index is 12.2. The second-order valence-corrected chi connectivity index (χ2v) is 15.8. The summed E-state index contributed by atoms with van der Waals surface area (Å²) in [6, 6.07) is 7.72. The van der Waals surface area contributed by atoms with Gasteiger partial charge in [-0.3, -0.25) is 30.7 Å². The maximum atomic E-state index is 12.2. The Morgan fingerprint density at radius 2 is 1.13 bits per heavy atom. The molecule has 0 radical (unpaired) electrons. The maximum Gasteiger partial charge on any atom is 0.414 e. The number of rotatable bonds is 19. The molecule has 0 bridgehead atoms. The largest absolute Gasteiger partial charge is 0.493 e. The molecule has 0 atom stereocenters. The van der Waals surface area contributed by atoms with E-state index in [4.69, 9.17) is 18.9 Å². The fourth-order valence-corrected chi connectivity index (χ4v) is 4.78. The lowest BCUT2D eigenvalue weighted by molar-refractivity contribution is -0.118. The Morgan fingerprint density at radius 3 is 1.63 bits per heavy atom. The van der Waals surface area contributed by atoms with E-state index in [9.17, 15) is 19.2 Å². The fourth-order valence-electron chi connectivity index (χ4n) is 4.78. The number of benzene rings is 1. The third-order valence-corrected chi connectivity index (χ3v) is 7.12. The van der Waals surface area contributed by atoms with Gasteiger partial charge < -0.3 is 29.2 Å².